The number of hydrogen-bond donors (Lipinski definition) is 0. The van der Waals surface area contributed by atoms with Gasteiger partial charge < -0.3 is 9.13 Å². The fourth-order valence-electron chi connectivity index (χ4n) is 6.40. The van der Waals surface area contributed by atoms with E-state index < -0.39 is 0 Å². The minimum absolute atomic E-state index is 0.919. The van der Waals surface area contributed by atoms with Crippen molar-refractivity contribution in [3.8, 4) is 0 Å². The van der Waals surface area contributed by atoms with E-state index in [9.17, 15) is 0 Å². The van der Waals surface area contributed by atoms with Crippen molar-refractivity contribution in [2.75, 3.05) is 0 Å². The SMILES string of the molecule is CCn1c2cccnc2c2c3ccc4cc5c(c6ccc(cc21)c3c46)c1ncccc1n5CC. The maximum absolute atomic E-state index is 4.83. The fourth-order valence-corrected chi connectivity index (χ4v) is 6.40. The molecule has 4 heterocycles. The smallest absolute Gasteiger partial charge is 0.0965 e. The molecule has 0 amide bonds. The quantitative estimate of drug-likeness (QED) is 0.260. The van der Waals surface area contributed by atoms with Gasteiger partial charge in [-0.2, -0.15) is 0 Å². The number of pyridine rings is 2. The Labute approximate surface area is 195 Å². The summed E-state index contributed by atoms with van der Waals surface area (Å²) in [6.45, 7) is 6.26. The monoisotopic (exact) mass is 438 g/mol. The highest BCUT2D eigenvalue weighted by Crippen LogP contribution is 2.45. The zero-order valence-corrected chi connectivity index (χ0v) is 19.1. The molecule has 0 aliphatic carbocycles. The van der Waals surface area contributed by atoms with Crippen molar-refractivity contribution in [3.05, 3.63) is 73.1 Å². The van der Waals surface area contributed by atoms with Crippen LogP contribution in [0.2, 0.25) is 0 Å². The Balaban J connectivity index is 1.68. The van der Waals surface area contributed by atoms with Crippen LogP contribution in [0.15, 0.2) is 73.1 Å². The van der Waals surface area contributed by atoms with Gasteiger partial charge >= 0.3 is 0 Å². The lowest BCUT2D eigenvalue weighted by atomic mass is 9.91. The molecule has 0 N–H and O–H groups in total. The lowest BCUT2D eigenvalue weighted by Crippen LogP contribution is -1.94. The van der Waals surface area contributed by atoms with E-state index in [1.165, 1.54) is 65.2 Å². The second-order valence-electron chi connectivity index (χ2n) is 9.19. The number of fused-ring (bicyclic) bond motifs is 8. The maximum Gasteiger partial charge on any atom is 0.0965 e. The molecule has 162 valence electrons. The first kappa shape index (κ1) is 18.3. The highest BCUT2D eigenvalue weighted by Gasteiger charge is 2.21. The van der Waals surface area contributed by atoms with Crippen LogP contribution < -0.4 is 0 Å². The number of nitrogens with zero attached hydrogens (tertiary/aromatic N) is 4. The van der Waals surface area contributed by atoms with Crippen LogP contribution in [0.4, 0.5) is 0 Å². The predicted molar refractivity (Wildman–Crippen MR) is 143 cm³/mol. The molecular formula is C30H22N4. The van der Waals surface area contributed by atoms with E-state index >= 15 is 0 Å². The summed E-state index contributed by atoms with van der Waals surface area (Å²) < 4.78 is 4.78. The van der Waals surface area contributed by atoms with Gasteiger partial charge in [-0.3, -0.25) is 9.97 Å². The van der Waals surface area contributed by atoms with Crippen LogP contribution in [0.3, 0.4) is 0 Å². The highest BCUT2D eigenvalue weighted by atomic mass is 15.0. The highest BCUT2D eigenvalue weighted by molar-refractivity contribution is 6.36. The van der Waals surface area contributed by atoms with E-state index in [-0.39, 0.29) is 0 Å². The largest absolute Gasteiger partial charge is 0.339 e. The third-order valence-corrected chi connectivity index (χ3v) is 7.70. The maximum atomic E-state index is 4.83. The van der Waals surface area contributed by atoms with E-state index in [0.29, 0.717) is 0 Å². The Morgan fingerprint density at radius 1 is 0.559 bits per heavy atom. The molecule has 0 saturated carbocycles. The van der Waals surface area contributed by atoms with Crippen LogP contribution in [0.1, 0.15) is 13.8 Å². The normalized spacial score (nSPS) is 12.6. The minimum Gasteiger partial charge on any atom is -0.339 e. The average molecular weight is 439 g/mol. The van der Waals surface area contributed by atoms with Crippen molar-refractivity contribution in [2.45, 2.75) is 26.9 Å². The summed E-state index contributed by atoms with van der Waals surface area (Å²) in [5.74, 6) is 0. The van der Waals surface area contributed by atoms with Gasteiger partial charge in [-0.05, 0) is 82.6 Å². The van der Waals surface area contributed by atoms with Gasteiger partial charge in [0, 0.05) is 36.3 Å². The van der Waals surface area contributed by atoms with E-state index in [2.05, 4.69) is 71.5 Å². The fraction of sp³-hybridized carbons (Fsp3) is 0.133. The zero-order chi connectivity index (χ0) is 22.6. The molecule has 4 nitrogen and oxygen atoms in total. The minimum atomic E-state index is 0.919. The Morgan fingerprint density at radius 2 is 1.03 bits per heavy atom. The lowest BCUT2D eigenvalue weighted by Gasteiger charge is -2.14. The van der Waals surface area contributed by atoms with Crippen molar-refractivity contribution in [3.63, 3.8) is 0 Å². The first-order chi connectivity index (χ1) is 16.8. The summed E-state index contributed by atoms with van der Waals surface area (Å²) in [6, 6.07) is 22.4. The second kappa shape index (κ2) is 6.23. The Bertz CT molecular complexity index is 1940. The van der Waals surface area contributed by atoms with Gasteiger partial charge in [0.1, 0.15) is 0 Å². The molecule has 0 saturated heterocycles. The summed E-state index contributed by atoms with van der Waals surface area (Å²) in [5.41, 5.74) is 7.10. The topological polar surface area (TPSA) is 35.6 Å². The van der Waals surface area contributed by atoms with Crippen molar-refractivity contribution >= 4 is 76.2 Å². The molecule has 0 aliphatic heterocycles. The summed E-state index contributed by atoms with van der Waals surface area (Å²) in [6.07, 6.45) is 3.82. The first-order valence-corrected chi connectivity index (χ1v) is 12.0. The molecule has 0 radical (unpaired) electrons. The Kier molecular flexibility index (Phi) is 3.35. The van der Waals surface area contributed by atoms with Crippen LogP contribution in [0, 0.1) is 0 Å². The van der Waals surface area contributed by atoms with Gasteiger partial charge in [-0.25, -0.2) is 0 Å². The van der Waals surface area contributed by atoms with Crippen LogP contribution in [-0.2, 0) is 13.1 Å². The first-order valence-electron chi connectivity index (χ1n) is 12.0. The van der Waals surface area contributed by atoms with Crippen molar-refractivity contribution < 1.29 is 0 Å². The number of aromatic nitrogens is 4. The van der Waals surface area contributed by atoms with Crippen molar-refractivity contribution in [1.29, 1.82) is 0 Å². The third kappa shape index (κ3) is 2.01. The van der Waals surface area contributed by atoms with Crippen LogP contribution in [0.5, 0.6) is 0 Å². The molecule has 0 unspecified atom stereocenters. The Morgan fingerprint density at radius 3 is 1.47 bits per heavy atom. The molecule has 4 aromatic heterocycles. The van der Waals surface area contributed by atoms with Crippen molar-refractivity contribution in [2.24, 2.45) is 0 Å². The number of aryl methyl sites for hydroxylation is 2. The number of benzene rings is 4. The van der Waals surface area contributed by atoms with Crippen LogP contribution in [-0.4, -0.2) is 19.1 Å². The summed E-state index contributed by atoms with van der Waals surface area (Å²) in [4.78, 5) is 9.66. The molecule has 4 aromatic carbocycles. The van der Waals surface area contributed by atoms with E-state index in [1.807, 2.05) is 24.5 Å². The van der Waals surface area contributed by atoms with Gasteiger partial charge in [0.15, 0.2) is 0 Å². The summed E-state index contributed by atoms with van der Waals surface area (Å²) >= 11 is 0. The van der Waals surface area contributed by atoms with Crippen LogP contribution in [0.25, 0.3) is 76.2 Å². The molecule has 8 aromatic rings. The van der Waals surface area contributed by atoms with E-state index in [4.69, 9.17) is 9.97 Å². The molecule has 0 spiro atoms. The average Bonchev–Trinajstić information content (AvgIpc) is 3.38. The molecule has 8 rings (SSSR count). The number of hydrogen-bond acceptors (Lipinski definition) is 2. The molecule has 0 bridgehead atoms. The third-order valence-electron chi connectivity index (χ3n) is 7.70. The number of rotatable bonds is 2. The van der Waals surface area contributed by atoms with Gasteiger partial charge in [-0.15, -0.1) is 0 Å². The van der Waals surface area contributed by atoms with Gasteiger partial charge in [-0.1, -0.05) is 24.3 Å². The summed E-state index contributed by atoms with van der Waals surface area (Å²) in [5, 5.41) is 10.3. The van der Waals surface area contributed by atoms with Crippen molar-refractivity contribution in [1.82, 2.24) is 19.1 Å². The van der Waals surface area contributed by atoms with Gasteiger partial charge in [0.25, 0.3) is 0 Å². The molecular weight excluding hydrogens is 416 g/mol. The molecule has 0 aliphatic rings. The predicted octanol–water partition coefficient (Wildman–Crippen LogP) is 7.63. The lowest BCUT2D eigenvalue weighted by molar-refractivity contribution is 0.827. The van der Waals surface area contributed by atoms with E-state index in [1.54, 1.807) is 0 Å². The molecule has 4 heteroatoms. The molecule has 0 atom stereocenters. The van der Waals surface area contributed by atoms with Gasteiger partial charge in [0.2, 0.25) is 0 Å². The Hall–Kier alpha value is -4.18. The van der Waals surface area contributed by atoms with Gasteiger partial charge in [0.05, 0.1) is 33.1 Å². The zero-order valence-electron chi connectivity index (χ0n) is 19.1. The molecule has 0 fully saturated rings. The van der Waals surface area contributed by atoms with E-state index in [0.717, 1.165) is 24.1 Å². The molecule has 34 heavy (non-hydrogen) atoms. The summed E-state index contributed by atoms with van der Waals surface area (Å²) in [7, 11) is 0. The standard InChI is InChI=1S/C30H22N4/c1-3-33-21-7-5-13-31-29(21)27-19-11-10-18-16-24-28(30-22(34(24)4-2)8-6-14-32-30)20-12-9-17(15-23(27)33)25(19)26(18)20/h5-16H,3-4H2,1-2H3. The second-order valence-corrected chi connectivity index (χ2v) is 9.19. The van der Waals surface area contributed by atoms with Crippen LogP contribution >= 0.6 is 0 Å².